The number of benzene rings is 4. The summed E-state index contributed by atoms with van der Waals surface area (Å²) in [6, 6.07) is 24.1. The number of hydrogen-bond donors (Lipinski definition) is 0. The van der Waals surface area contributed by atoms with Gasteiger partial charge in [-0.3, -0.25) is 4.99 Å². The van der Waals surface area contributed by atoms with Crippen LogP contribution in [0.1, 0.15) is 22.3 Å². The minimum atomic E-state index is 0.386. The van der Waals surface area contributed by atoms with E-state index in [-0.39, 0.29) is 0 Å². The molecule has 0 heterocycles. The van der Waals surface area contributed by atoms with E-state index in [0.717, 1.165) is 27.8 Å². The van der Waals surface area contributed by atoms with Crippen LogP contribution in [0.25, 0.3) is 10.8 Å². The molecule has 0 N–H and O–H groups in total. The molecule has 4 aromatic carbocycles. The maximum atomic E-state index is 6.49. The number of aryl methyl sites for hydroxylation is 1. The maximum Gasteiger partial charge on any atom is 0.157 e. The van der Waals surface area contributed by atoms with Crippen LogP contribution in [-0.4, -0.2) is 6.21 Å². The molecule has 0 aromatic heterocycles. The van der Waals surface area contributed by atoms with Crippen LogP contribution in [-0.2, 0) is 6.61 Å². The summed E-state index contributed by atoms with van der Waals surface area (Å²) in [6.07, 6.45) is 1.77. The zero-order chi connectivity index (χ0) is 21.1. The van der Waals surface area contributed by atoms with E-state index < -0.39 is 0 Å². The van der Waals surface area contributed by atoms with Crippen LogP contribution in [0.2, 0.25) is 10.0 Å². The molecule has 0 saturated heterocycles. The van der Waals surface area contributed by atoms with Crippen molar-refractivity contribution in [2.24, 2.45) is 4.99 Å². The van der Waals surface area contributed by atoms with Crippen molar-refractivity contribution in [1.82, 2.24) is 0 Å². The number of hydrogen-bond acceptors (Lipinski definition) is 2. The molecule has 150 valence electrons. The first-order valence-corrected chi connectivity index (χ1v) is 10.5. The Morgan fingerprint density at radius 2 is 1.57 bits per heavy atom. The van der Waals surface area contributed by atoms with E-state index in [1.807, 2.05) is 42.5 Å². The predicted molar refractivity (Wildman–Crippen MR) is 128 cm³/mol. The first kappa shape index (κ1) is 20.5. The van der Waals surface area contributed by atoms with Crippen LogP contribution in [0.15, 0.2) is 77.8 Å². The number of aliphatic imine (C=N–C) groups is 1. The molecule has 4 heteroatoms. The van der Waals surface area contributed by atoms with E-state index in [0.29, 0.717) is 22.4 Å². The SMILES string of the molecule is Cc1cccc(N=Cc2cc(Cl)c(OCc3cccc4ccccc34)c(Cl)c2)c1C. The lowest BCUT2D eigenvalue weighted by atomic mass is 10.1. The standard InChI is InChI=1S/C26H21Cl2NO/c1-17-7-5-12-25(18(17)2)29-15-19-13-23(27)26(24(28)14-19)30-16-21-10-6-9-20-8-3-4-11-22(20)21/h3-15H,16H2,1-2H3. The Hall–Kier alpha value is -2.81. The third-order valence-electron chi connectivity index (χ3n) is 5.20. The summed E-state index contributed by atoms with van der Waals surface area (Å²) in [6.45, 7) is 4.52. The normalized spacial score (nSPS) is 11.3. The highest BCUT2D eigenvalue weighted by Crippen LogP contribution is 2.35. The Labute approximate surface area is 186 Å². The smallest absolute Gasteiger partial charge is 0.157 e. The molecule has 0 aliphatic carbocycles. The lowest BCUT2D eigenvalue weighted by Gasteiger charge is -2.12. The molecular weight excluding hydrogens is 413 g/mol. The topological polar surface area (TPSA) is 21.6 Å². The molecule has 0 atom stereocenters. The molecule has 0 fully saturated rings. The van der Waals surface area contributed by atoms with Crippen molar-refractivity contribution >= 4 is 45.9 Å². The fourth-order valence-electron chi connectivity index (χ4n) is 3.38. The van der Waals surface area contributed by atoms with Gasteiger partial charge < -0.3 is 4.74 Å². The summed E-state index contributed by atoms with van der Waals surface area (Å²) in [4.78, 5) is 4.59. The molecule has 30 heavy (non-hydrogen) atoms. The van der Waals surface area contributed by atoms with Crippen molar-refractivity contribution in [2.75, 3.05) is 0 Å². The van der Waals surface area contributed by atoms with Gasteiger partial charge >= 0.3 is 0 Å². The van der Waals surface area contributed by atoms with Crippen LogP contribution < -0.4 is 4.74 Å². The average Bonchev–Trinajstić information content (AvgIpc) is 2.74. The Kier molecular flexibility index (Phi) is 6.08. The molecule has 0 saturated carbocycles. The first-order valence-electron chi connectivity index (χ1n) is 9.71. The minimum absolute atomic E-state index is 0.386. The second-order valence-corrected chi connectivity index (χ2v) is 8.03. The van der Waals surface area contributed by atoms with E-state index in [9.17, 15) is 0 Å². The van der Waals surface area contributed by atoms with Gasteiger partial charge in [0.2, 0.25) is 0 Å². The van der Waals surface area contributed by atoms with E-state index in [1.54, 1.807) is 6.21 Å². The second-order valence-electron chi connectivity index (χ2n) is 7.22. The van der Waals surface area contributed by atoms with Gasteiger partial charge in [-0.1, -0.05) is 77.8 Å². The lowest BCUT2D eigenvalue weighted by molar-refractivity contribution is 0.308. The summed E-state index contributed by atoms with van der Waals surface area (Å²) in [5.74, 6) is 0.482. The van der Waals surface area contributed by atoms with Crippen LogP contribution in [0.3, 0.4) is 0 Å². The van der Waals surface area contributed by atoms with Crippen molar-refractivity contribution in [3.63, 3.8) is 0 Å². The van der Waals surface area contributed by atoms with Gasteiger partial charge in [0.25, 0.3) is 0 Å². The summed E-state index contributed by atoms with van der Waals surface area (Å²) in [5, 5.41) is 3.26. The third kappa shape index (κ3) is 4.35. The quantitative estimate of drug-likeness (QED) is 0.291. The lowest BCUT2D eigenvalue weighted by Crippen LogP contribution is -1.98. The number of nitrogens with zero attached hydrogens (tertiary/aromatic N) is 1. The Balaban J connectivity index is 1.55. The number of rotatable bonds is 5. The number of ether oxygens (including phenoxy) is 1. The summed E-state index contributed by atoms with van der Waals surface area (Å²) >= 11 is 13.0. The molecule has 0 aliphatic rings. The van der Waals surface area contributed by atoms with Crippen LogP contribution >= 0.6 is 23.2 Å². The number of fused-ring (bicyclic) bond motifs is 1. The molecule has 2 nitrogen and oxygen atoms in total. The first-order chi connectivity index (χ1) is 14.5. The molecule has 4 aromatic rings. The summed E-state index contributed by atoms with van der Waals surface area (Å²) < 4.78 is 6.01. The molecule has 0 unspecified atom stereocenters. The monoisotopic (exact) mass is 433 g/mol. The Morgan fingerprint density at radius 3 is 2.37 bits per heavy atom. The molecule has 0 amide bonds. The highest BCUT2D eigenvalue weighted by molar-refractivity contribution is 6.37. The van der Waals surface area contributed by atoms with E-state index in [2.05, 4.69) is 49.2 Å². The summed E-state index contributed by atoms with van der Waals surface area (Å²) in [5.41, 5.74) is 5.20. The maximum absolute atomic E-state index is 6.49. The van der Waals surface area contributed by atoms with Crippen LogP contribution in [0, 0.1) is 13.8 Å². The zero-order valence-electron chi connectivity index (χ0n) is 16.8. The van der Waals surface area contributed by atoms with Gasteiger partial charge in [0, 0.05) is 6.21 Å². The Bertz CT molecular complexity index is 1220. The molecule has 0 radical (unpaired) electrons. The molecule has 0 aliphatic heterocycles. The van der Waals surface area contributed by atoms with Gasteiger partial charge in [0.15, 0.2) is 5.75 Å². The van der Waals surface area contributed by atoms with E-state index >= 15 is 0 Å². The second kappa shape index (κ2) is 8.91. The molecular formula is C26H21Cl2NO. The van der Waals surface area contributed by atoms with Gasteiger partial charge in [0.1, 0.15) is 6.61 Å². The highest BCUT2D eigenvalue weighted by atomic mass is 35.5. The largest absolute Gasteiger partial charge is 0.486 e. The molecule has 4 rings (SSSR count). The molecule has 0 bridgehead atoms. The van der Waals surface area contributed by atoms with Gasteiger partial charge in [0.05, 0.1) is 15.7 Å². The third-order valence-corrected chi connectivity index (χ3v) is 5.76. The minimum Gasteiger partial charge on any atom is -0.486 e. The van der Waals surface area contributed by atoms with E-state index in [4.69, 9.17) is 27.9 Å². The fraction of sp³-hybridized carbons (Fsp3) is 0.115. The van der Waals surface area contributed by atoms with Crippen molar-refractivity contribution in [2.45, 2.75) is 20.5 Å². The fourth-order valence-corrected chi connectivity index (χ4v) is 3.99. The van der Waals surface area contributed by atoms with Gasteiger partial charge in [-0.25, -0.2) is 0 Å². The van der Waals surface area contributed by atoms with Crippen LogP contribution in [0.4, 0.5) is 5.69 Å². The van der Waals surface area contributed by atoms with Crippen molar-refractivity contribution in [1.29, 1.82) is 0 Å². The van der Waals surface area contributed by atoms with E-state index in [1.165, 1.54) is 10.9 Å². The van der Waals surface area contributed by atoms with Gasteiger partial charge in [-0.15, -0.1) is 0 Å². The number of halogens is 2. The van der Waals surface area contributed by atoms with Crippen molar-refractivity contribution in [3.05, 3.63) is 105 Å². The summed E-state index contributed by atoms with van der Waals surface area (Å²) in [7, 11) is 0. The van der Waals surface area contributed by atoms with Gasteiger partial charge in [-0.05, 0) is 65.1 Å². The van der Waals surface area contributed by atoms with Crippen molar-refractivity contribution in [3.8, 4) is 5.75 Å². The predicted octanol–water partition coefficient (Wildman–Crippen LogP) is 8.09. The Morgan fingerprint density at radius 1 is 0.867 bits per heavy atom. The highest BCUT2D eigenvalue weighted by Gasteiger charge is 2.11. The van der Waals surface area contributed by atoms with Crippen molar-refractivity contribution < 1.29 is 4.74 Å². The average molecular weight is 434 g/mol. The van der Waals surface area contributed by atoms with Gasteiger partial charge in [-0.2, -0.15) is 0 Å². The van der Waals surface area contributed by atoms with Crippen LogP contribution in [0.5, 0.6) is 5.75 Å². The molecule has 0 spiro atoms. The zero-order valence-corrected chi connectivity index (χ0v) is 18.3.